The van der Waals surface area contributed by atoms with Crippen molar-refractivity contribution < 1.29 is 4.74 Å². The van der Waals surface area contributed by atoms with Crippen LogP contribution in [0.2, 0.25) is 0 Å². The zero-order valence-electron chi connectivity index (χ0n) is 9.92. The number of fused-ring (bicyclic) bond motifs is 1. The van der Waals surface area contributed by atoms with Gasteiger partial charge in [-0.1, -0.05) is 26.7 Å². The second kappa shape index (κ2) is 3.81. The molecule has 1 aliphatic heterocycles. The highest BCUT2D eigenvalue weighted by molar-refractivity contribution is 5.14. The fourth-order valence-electron chi connectivity index (χ4n) is 3.16. The minimum absolute atomic E-state index is 0.218. The van der Waals surface area contributed by atoms with Crippen LogP contribution in [0.25, 0.3) is 0 Å². The Hall–Kier alpha value is -0.520. The molecule has 1 saturated heterocycles. The van der Waals surface area contributed by atoms with Crippen molar-refractivity contribution in [3.63, 3.8) is 0 Å². The van der Waals surface area contributed by atoms with E-state index >= 15 is 0 Å². The molecule has 15 heavy (non-hydrogen) atoms. The van der Waals surface area contributed by atoms with E-state index in [1.807, 2.05) is 0 Å². The molecule has 0 aromatic heterocycles. The molecular formula is C13H21NO. The van der Waals surface area contributed by atoms with Crippen LogP contribution in [-0.2, 0) is 4.74 Å². The molecule has 1 heterocycles. The normalized spacial score (nSPS) is 38.9. The summed E-state index contributed by atoms with van der Waals surface area (Å²) in [6.07, 6.45) is 8.13. The molecule has 2 nitrogen and oxygen atoms in total. The summed E-state index contributed by atoms with van der Waals surface area (Å²) in [6.45, 7) is 7.61. The highest BCUT2D eigenvalue weighted by Crippen LogP contribution is 2.52. The lowest BCUT2D eigenvalue weighted by molar-refractivity contribution is -0.114. The summed E-state index contributed by atoms with van der Waals surface area (Å²) in [7, 11) is 0. The van der Waals surface area contributed by atoms with Crippen LogP contribution in [0.3, 0.4) is 0 Å². The van der Waals surface area contributed by atoms with E-state index in [-0.39, 0.29) is 11.5 Å². The molecule has 1 aliphatic carbocycles. The quantitative estimate of drug-likeness (QED) is 0.713. The molecule has 0 spiro atoms. The summed E-state index contributed by atoms with van der Waals surface area (Å²) in [4.78, 5) is 0. The van der Waals surface area contributed by atoms with Crippen LogP contribution in [0.15, 0.2) is 0 Å². The number of terminal acetylenes is 1. The molecule has 2 rings (SSSR count). The van der Waals surface area contributed by atoms with Crippen molar-refractivity contribution in [2.45, 2.75) is 51.8 Å². The summed E-state index contributed by atoms with van der Waals surface area (Å²) in [5.74, 6) is 3.50. The van der Waals surface area contributed by atoms with Gasteiger partial charge in [-0.25, -0.2) is 0 Å². The van der Waals surface area contributed by atoms with Gasteiger partial charge in [0.2, 0.25) is 0 Å². The predicted molar refractivity (Wildman–Crippen MR) is 61.5 cm³/mol. The minimum atomic E-state index is 0.218. The first-order valence-corrected chi connectivity index (χ1v) is 5.95. The summed E-state index contributed by atoms with van der Waals surface area (Å²) >= 11 is 0. The molecule has 0 aromatic carbocycles. The number of hydrogen-bond acceptors (Lipinski definition) is 2. The number of hydrogen-bond donors (Lipinski definition) is 1. The molecule has 4 unspecified atom stereocenters. The van der Waals surface area contributed by atoms with Crippen molar-refractivity contribution in [2.75, 3.05) is 6.61 Å². The smallest absolute Gasteiger partial charge is 0.0686 e. The van der Waals surface area contributed by atoms with Crippen LogP contribution < -0.4 is 5.32 Å². The molecule has 0 aromatic rings. The van der Waals surface area contributed by atoms with Gasteiger partial charge in [-0.05, 0) is 12.8 Å². The van der Waals surface area contributed by atoms with Gasteiger partial charge in [0.15, 0.2) is 0 Å². The van der Waals surface area contributed by atoms with Gasteiger partial charge < -0.3 is 4.74 Å². The molecule has 0 radical (unpaired) electrons. The number of nitrogens with one attached hydrogen (secondary N) is 1. The Morgan fingerprint density at radius 3 is 2.93 bits per heavy atom. The zero-order valence-corrected chi connectivity index (χ0v) is 9.92. The zero-order chi connectivity index (χ0) is 11.1. The van der Waals surface area contributed by atoms with Crippen LogP contribution >= 0.6 is 0 Å². The van der Waals surface area contributed by atoms with Crippen LogP contribution in [0.5, 0.6) is 0 Å². The molecule has 2 heteroatoms. The molecule has 2 aliphatic rings. The van der Waals surface area contributed by atoms with Gasteiger partial charge in [-0.3, -0.25) is 5.32 Å². The Kier molecular flexibility index (Phi) is 2.79. The minimum Gasteiger partial charge on any atom is -0.377 e. The first-order chi connectivity index (χ1) is 7.11. The average molecular weight is 207 g/mol. The first kappa shape index (κ1) is 11.0. The van der Waals surface area contributed by atoms with E-state index in [1.165, 1.54) is 6.42 Å². The van der Waals surface area contributed by atoms with Gasteiger partial charge in [0, 0.05) is 24.0 Å². The van der Waals surface area contributed by atoms with Gasteiger partial charge >= 0.3 is 0 Å². The maximum Gasteiger partial charge on any atom is 0.0686 e. The summed E-state index contributed by atoms with van der Waals surface area (Å²) in [5.41, 5.74) is 0.242. The van der Waals surface area contributed by atoms with Gasteiger partial charge in [0.1, 0.15) is 0 Å². The predicted octanol–water partition coefficient (Wildman–Crippen LogP) is 1.80. The summed E-state index contributed by atoms with van der Waals surface area (Å²) in [6, 6.07) is 0.752. The highest BCUT2D eigenvalue weighted by Gasteiger charge is 2.59. The third-order valence-electron chi connectivity index (χ3n) is 4.09. The second-order valence-corrected chi connectivity index (χ2v) is 5.34. The van der Waals surface area contributed by atoms with Crippen LogP contribution in [0.4, 0.5) is 0 Å². The van der Waals surface area contributed by atoms with E-state index in [2.05, 4.69) is 32.0 Å². The monoisotopic (exact) mass is 207 g/mol. The third-order valence-corrected chi connectivity index (χ3v) is 4.09. The Morgan fingerprint density at radius 2 is 2.33 bits per heavy atom. The second-order valence-electron chi connectivity index (χ2n) is 5.34. The molecule has 4 atom stereocenters. The van der Waals surface area contributed by atoms with Crippen molar-refractivity contribution >= 4 is 0 Å². The van der Waals surface area contributed by atoms with E-state index in [9.17, 15) is 0 Å². The molecular weight excluding hydrogens is 186 g/mol. The number of ether oxygens (including phenoxy) is 1. The first-order valence-electron chi connectivity index (χ1n) is 5.95. The topological polar surface area (TPSA) is 21.3 Å². The van der Waals surface area contributed by atoms with E-state index in [0.29, 0.717) is 18.1 Å². The Balaban J connectivity index is 2.01. The molecule has 0 amide bonds. The van der Waals surface area contributed by atoms with E-state index in [0.717, 1.165) is 13.0 Å². The van der Waals surface area contributed by atoms with Gasteiger partial charge in [-0.15, -0.1) is 6.42 Å². The van der Waals surface area contributed by atoms with E-state index in [1.54, 1.807) is 0 Å². The van der Waals surface area contributed by atoms with E-state index < -0.39 is 0 Å². The van der Waals surface area contributed by atoms with Crippen LogP contribution in [-0.4, -0.2) is 24.8 Å². The highest BCUT2D eigenvalue weighted by atomic mass is 16.5. The maximum atomic E-state index is 5.75. The Bertz CT molecular complexity index is 279. The molecule has 2 fully saturated rings. The van der Waals surface area contributed by atoms with Crippen molar-refractivity contribution in [2.24, 2.45) is 11.3 Å². The Morgan fingerprint density at radius 1 is 1.60 bits per heavy atom. The van der Waals surface area contributed by atoms with E-state index in [4.69, 9.17) is 11.2 Å². The lowest BCUT2D eigenvalue weighted by Crippen LogP contribution is -2.67. The molecule has 0 bridgehead atoms. The van der Waals surface area contributed by atoms with Crippen LogP contribution in [0.1, 0.15) is 33.6 Å². The summed E-state index contributed by atoms with van der Waals surface area (Å²) < 4.78 is 5.75. The van der Waals surface area contributed by atoms with Crippen molar-refractivity contribution in [3.05, 3.63) is 0 Å². The fraction of sp³-hybridized carbons (Fsp3) is 0.846. The lowest BCUT2D eigenvalue weighted by atomic mass is 9.57. The Labute approximate surface area is 92.8 Å². The largest absolute Gasteiger partial charge is 0.377 e. The van der Waals surface area contributed by atoms with Crippen molar-refractivity contribution in [1.82, 2.24) is 5.32 Å². The van der Waals surface area contributed by atoms with Crippen LogP contribution in [0, 0.1) is 23.7 Å². The van der Waals surface area contributed by atoms with Crippen molar-refractivity contribution in [3.8, 4) is 12.3 Å². The lowest BCUT2D eigenvalue weighted by Gasteiger charge is -2.55. The SMILES string of the molecule is C#CC(CC)NC1C2CCOC2C1(C)C. The van der Waals surface area contributed by atoms with Gasteiger partial charge in [0.25, 0.3) is 0 Å². The third kappa shape index (κ3) is 1.58. The maximum absolute atomic E-state index is 5.75. The van der Waals surface area contributed by atoms with Gasteiger partial charge in [-0.2, -0.15) is 0 Å². The molecule has 1 saturated carbocycles. The fourth-order valence-corrected chi connectivity index (χ4v) is 3.16. The number of rotatable bonds is 3. The summed E-state index contributed by atoms with van der Waals surface area (Å²) in [5, 5.41) is 3.60. The molecule has 84 valence electrons. The molecule has 1 N–H and O–H groups in total. The van der Waals surface area contributed by atoms with Crippen molar-refractivity contribution in [1.29, 1.82) is 0 Å². The van der Waals surface area contributed by atoms with Gasteiger partial charge in [0.05, 0.1) is 12.1 Å². The standard InChI is InChI=1S/C13H21NO/c1-5-9(6-2)14-11-10-7-8-15-12(10)13(11,3)4/h1,9-12,14H,6-8H2,2-4H3. The average Bonchev–Trinajstić information content (AvgIpc) is 2.65.